The van der Waals surface area contributed by atoms with E-state index in [0.717, 1.165) is 22.0 Å². The van der Waals surface area contributed by atoms with Gasteiger partial charge in [-0.3, -0.25) is 4.79 Å². The molecule has 0 spiro atoms. The van der Waals surface area contributed by atoms with E-state index in [9.17, 15) is 9.90 Å². The van der Waals surface area contributed by atoms with Gasteiger partial charge in [-0.25, -0.2) is 0 Å². The minimum absolute atomic E-state index is 0.0475. The first-order valence-corrected chi connectivity index (χ1v) is 9.60. The molecule has 0 bridgehead atoms. The zero-order valence-corrected chi connectivity index (χ0v) is 16.4. The summed E-state index contributed by atoms with van der Waals surface area (Å²) in [6, 6.07) is 20.8. The van der Waals surface area contributed by atoms with Crippen LogP contribution in [0.4, 0.5) is 0 Å². The number of aromatic amines is 1. The Morgan fingerprint density at radius 3 is 2.55 bits per heavy atom. The first-order chi connectivity index (χ1) is 14.0. The Kier molecular flexibility index (Phi) is 3.96. The average molecular weight is 401 g/mol. The normalized spacial score (nSPS) is 11.4. The molecule has 5 heteroatoms. The molecule has 0 aliphatic carbocycles. The minimum Gasteiger partial charge on any atom is -0.506 e. The van der Waals surface area contributed by atoms with Crippen LogP contribution in [0.25, 0.3) is 44.1 Å². The smallest absolute Gasteiger partial charge is 0.260 e. The molecule has 4 nitrogen and oxygen atoms in total. The number of nitrogens with zero attached hydrogens (tertiary/aromatic N) is 1. The Balaban J connectivity index is 1.77. The zero-order valence-electron chi connectivity index (χ0n) is 15.6. The molecule has 5 rings (SSSR count). The maximum atomic E-state index is 12.6. The van der Waals surface area contributed by atoms with Crippen LogP contribution in [0, 0.1) is 0 Å². The fourth-order valence-corrected chi connectivity index (χ4v) is 4.12. The lowest BCUT2D eigenvalue weighted by atomic mass is 9.99. The quantitative estimate of drug-likeness (QED) is 0.398. The third kappa shape index (κ3) is 2.80. The van der Waals surface area contributed by atoms with E-state index in [-0.39, 0.29) is 16.9 Å². The number of halogens is 1. The van der Waals surface area contributed by atoms with Gasteiger partial charge in [-0.15, -0.1) is 0 Å². The fraction of sp³-hybridized carbons (Fsp3) is 0.0417. The predicted molar refractivity (Wildman–Crippen MR) is 119 cm³/mol. The van der Waals surface area contributed by atoms with Crippen LogP contribution in [0.5, 0.6) is 5.75 Å². The Bertz CT molecular complexity index is 1450. The van der Waals surface area contributed by atoms with Crippen LogP contribution in [0.1, 0.15) is 0 Å². The molecule has 2 aromatic heterocycles. The SMILES string of the molecule is Cn1ccc2cc(-c3cc4c(O)c(-c5ccccc5)c(=O)[nH]c4cc3Cl)ccc21. The van der Waals surface area contributed by atoms with Crippen LogP contribution >= 0.6 is 11.6 Å². The molecular formula is C24H17ClN2O2. The third-order valence-corrected chi connectivity index (χ3v) is 5.65. The number of benzene rings is 3. The molecule has 0 unspecified atom stereocenters. The number of pyridine rings is 1. The number of fused-ring (bicyclic) bond motifs is 2. The molecule has 0 radical (unpaired) electrons. The maximum Gasteiger partial charge on any atom is 0.260 e. The topological polar surface area (TPSA) is 58.0 Å². The van der Waals surface area contributed by atoms with Crippen molar-refractivity contribution in [3.63, 3.8) is 0 Å². The van der Waals surface area contributed by atoms with Gasteiger partial charge in [0.2, 0.25) is 0 Å². The number of aromatic nitrogens is 2. The van der Waals surface area contributed by atoms with Crippen LogP contribution in [0.15, 0.2) is 77.7 Å². The molecule has 0 aliphatic heterocycles. The van der Waals surface area contributed by atoms with E-state index in [4.69, 9.17) is 11.6 Å². The van der Waals surface area contributed by atoms with Crippen LogP contribution in [-0.2, 0) is 7.05 Å². The minimum atomic E-state index is -0.351. The lowest BCUT2D eigenvalue weighted by Gasteiger charge is -2.11. The Morgan fingerprint density at radius 2 is 1.76 bits per heavy atom. The second kappa shape index (κ2) is 6.54. The van der Waals surface area contributed by atoms with Crippen LogP contribution in [0.2, 0.25) is 5.02 Å². The second-order valence-corrected chi connectivity index (χ2v) is 7.53. The van der Waals surface area contributed by atoms with E-state index in [0.29, 0.717) is 21.5 Å². The molecule has 0 amide bonds. The Hall–Kier alpha value is -3.50. The van der Waals surface area contributed by atoms with Crippen molar-refractivity contribution < 1.29 is 5.11 Å². The summed E-state index contributed by atoms with van der Waals surface area (Å²) in [4.78, 5) is 15.5. The molecule has 0 saturated heterocycles. The number of nitrogens with one attached hydrogen (secondary N) is 1. The van der Waals surface area contributed by atoms with Crippen molar-refractivity contribution in [1.29, 1.82) is 0 Å². The van der Waals surface area contributed by atoms with Crippen molar-refractivity contribution in [2.75, 3.05) is 0 Å². The van der Waals surface area contributed by atoms with Gasteiger partial charge < -0.3 is 14.7 Å². The first-order valence-electron chi connectivity index (χ1n) is 9.22. The largest absolute Gasteiger partial charge is 0.506 e. The third-order valence-electron chi connectivity index (χ3n) is 5.33. The summed E-state index contributed by atoms with van der Waals surface area (Å²) in [5, 5.41) is 13.1. The number of rotatable bonds is 2. The van der Waals surface area contributed by atoms with E-state index in [2.05, 4.69) is 21.7 Å². The van der Waals surface area contributed by atoms with Crippen molar-refractivity contribution in [3.8, 4) is 28.0 Å². The average Bonchev–Trinajstić information content (AvgIpc) is 3.08. The Labute approximate surface area is 171 Å². The van der Waals surface area contributed by atoms with Crippen LogP contribution in [0.3, 0.4) is 0 Å². The summed E-state index contributed by atoms with van der Waals surface area (Å²) in [6.07, 6.45) is 2.01. The van der Waals surface area contributed by atoms with Crippen LogP contribution < -0.4 is 5.56 Å². The van der Waals surface area contributed by atoms with Gasteiger partial charge in [0.1, 0.15) is 5.75 Å². The number of hydrogen-bond donors (Lipinski definition) is 2. The van der Waals surface area contributed by atoms with E-state index >= 15 is 0 Å². The van der Waals surface area contributed by atoms with Crippen molar-refractivity contribution in [3.05, 3.63) is 88.3 Å². The van der Waals surface area contributed by atoms with Gasteiger partial charge in [-0.05, 0) is 41.5 Å². The van der Waals surface area contributed by atoms with Gasteiger partial charge in [0.05, 0.1) is 16.1 Å². The van der Waals surface area contributed by atoms with Crippen molar-refractivity contribution in [2.24, 2.45) is 7.05 Å². The summed E-state index contributed by atoms with van der Waals surface area (Å²) >= 11 is 6.55. The molecule has 29 heavy (non-hydrogen) atoms. The van der Waals surface area contributed by atoms with Gasteiger partial charge >= 0.3 is 0 Å². The molecule has 0 aliphatic rings. The highest BCUT2D eigenvalue weighted by atomic mass is 35.5. The Morgan fingerprint density at radius 1 is 0.966 bits per heavy atom. The summed E-state index contributed by atoms with van der Waals surface area (Å²) < 4.78 is 2.06. The number of aryl methyl sites for hydroxylation is 1. The van der Waals surface area contributed by atoms with Crippen molar-refractivity contribution >= 4 is 33.4 Å². The van der Waals surface area contributed by atoms with Crippen molar-refractivity contribution in [1.82, 2.24) is 9.55 Å². The highest BCUT2D eigenvalue weighted by molar-refractivity contribution is 6.34. The van der Waals surface area contributed by atoms with E-state index < -0.39 is 0 Å². The second-order valence-electron chi connectivity index (χ2n) is 7.12. The number of aromatic hydroxyl groups is 1. The van der Waals surface area contributed by atoms with Crippen molar-refractivity contribution in [2.45, 2.75) is 0 Å². The van der Waals surface area contributed by atoms with E-state index in [1.165, 1.54) is 0 Å². The fourth-order valence-electron chi connectivity index (χ4n) is 3.84. The standard InChI is InChI=1S/C24H17ClN2O2/c1-27-10-9-16-11-15(7-8-21(16)27)17-12-18-20(13-19(17)25)26-24(29)22(23(18)28)14-5-3-2-4-6-14/h2-13H,1H3,(H2,26,28,29). The molecule has 0 saturated carbocycles. The molecule has 2 N–H and O–H groups in total. The molecule has 0 fully saturated rings. The summed E-state index contributed by atoms with van der Waals surface area (Å²) in [7, 11) is 2.00. The van der Waals surface area contributed by atoms with Gasteiger partial charge in [0.25, 0.3) is 5.56 Å². The molecule has 5 aromatic rings. The lowest BCUT2D eigenvalue weighted by Crippen LogP contribution is -2.09. The summed E-state index contributed by atoms with van der Waals surface area (Å²) in [5.41, 5.74) is 3.94. The molecular weight excluding hydrogens is 384 g/mol. The number of H-pyrrole nitrogens is 1. The van der Waals surface area contributed by atoms with E-state index in [1.54, 1.807) is 18.2 Å². The highest BCUT2D eigenvalue weighted by Crippen LogP contribution is 2.38. The highest BCUT2D eigenvalue weighted by Gasteiger charge is 2.16. The van der Waals surface area contributed by atoms with Gasteiger partial charge in [0.15, 0.2) is 0 Å². The maximum absolute atomic E-state index is 12.6. The van der Waals surface area contributed by atoms with E-state index in [1.807, 2.05) is 49.6 Å². The molecule has 142 valence electrons. The predicted octanol–water partition coefficient (Wildman–Crippen LogP) is 5.71. The number of hydrogen-bond acceptors (Lipinski definition) is 2. The molecule has 2 heterocycles. The zero-order chi connectivity index (χ0) is 20.1. The first kappa shape index (κ1) is 17.6. The lowest BCUT2D eigenvalue weighted by molar-refractivity contribution is 0.482. The molecule has 0 atom stereocenters. The van der Waals surface area contributed by atoms with Gasteiger partial charge in [0, 0.05) is 35.1 Å². The summed E-state index contributed by atoms with van der Waals surface area (Å²) in [6.45, 7) is 0. The summed E-state index contributed by atoms with van der Waals surface area (Å²) in [5.74, 6) is -0.0475. The molecule has 3 aromatic carbocycles. The monoisotopic (exact) mass is 400 g/mol. The van der Waals surface area contributed by atoms with Gasteiger partial charge in [-0.1, -0.05) is 48.0 Å². The van der Waals surface area contributed by atoms with Gasteiger partial charge in [-0.2, -0.15) is 0 Å². The van der Waals surface area contributed by atoms with Crippen LogP contribution in [-0.4, -0.2) is 14.7 Å².